The number of hydrogen-bond donors (Lipinski definition) is 2. The van der Waals surface area contributed by atoms with E-state index in [0.717, 1.165) is 12.8 Å². The summed E-state index contributed by atoms with van der Waals surface area (Å²) in [4.78, 5) is 25.8. The number of nitrogens with zero attached hydrogens (tertiary/aromatic N) is 4. The van der Waals surface area contributed by atoms with Crippen LogP contribution in [0.2, 0.25) is 0 Å². The van der Waals surface area contributed by atoms with E-state index in [1.165, 1.54) is 37.3 Å². The molecule has 0 saturated heterocycles. The lowest BCUT2D eigenvalue weighted by atomic mass is 9.98. The Balaban J connectivity index is 1.52. The number of nitrogens with one attached hydrogen (secondary N) is 2. The van der Waals surface area contributed by atoms with E-state index < -0.39 is 18.0 Å². The third-order valence-corrected chi connectivity index (χ3v) is 6.51. The summed E-state index contributed by atoms with van der Waals surface area (Å²) >= 11 is 1.28. The van der Waals surface area contributed by atoms with Crippen LogP contribution in [0.3, 0.4) is 0 Å². The van der Waals surface area contributed by atoms with Crippen LogP contribution < -0.4 is 15.5 Å². The van der Waals surface area contributed by atoms with E-state index in [4.69, 9.17) is 9.15 Å². The molecule has 1 aliphatic heterocycles. The number of hydrogen-bond acceptors (Lipinski definition) is 9. The number of methoxy groups -OCH3 is 1. The fourth-order valence-corrected chi connectivity index (χ4v) is 4.40. The lowest BCUT2D eigenvalue weighted by Gasteiger charge is -2.15. The first-order valence-electron chi connectivity index (χ1n) is 11.4. The quantitative estimate of drug-likeness (QED) is 0.471. The van der Waals surface area contributed by atoms with Crippen molar-refractivity contribution in [2.45, 2.75) is 38.5 Å². The molecule has 1 amide bonds. The Hall–Kier alpha value is -3.98. The van der Waals surface area contributed by atoms with Gasteiger partial charge in [-0.2, -0.15) is 5.10 Å². The lowest BCUT2D eigenvalue weighted by Crippen LogP contribution is -2.28. The van der Waals surface area contributed by atoms with E-state index in [-0.39, 0.29) is 22.3 Å². The molecule has 0 bridgehead atoms. The van der Waals surface area contributed by atoms with E-state index in [1.807, 2.05) is 0 Å². The number of aromatic nitrogens is 3. The minimum Gasteiger partial charge on any atom is -0.494 e. The highest BCUT2D eigenvalue weighted by molar-refractivity contribution is 8.14. The van der Waals surface area contributed by atoms with Gasteiger partial charge in [0.15, 0.2) is 22.2 Å². The molecule has 0 radical (unpaired) electrons. The summed E-state index contributed by atoms with van der Waals surface area (Å²) in [5.41, 5.74) is 4.09. The van der Waals surface area contributed by atoms with E-state index in [9.17, 15) is 13.6 Å². The van der Waals surface area contributed by atoms with Crippen LogP contribution in [0, 0.1) is 31.6 Å². The molecular formula is C25H22F2N6O3S. The third-order valence-electron chi connectivity index (χ3n) is 5.64. The molecule has 2 aliphatic rings. The highest BCUT2D eigenvalue weighted by Gasteiger charge is 2.26. The van der Waals surface area contributed by atoms with E-state index >= 15 is 0 Å². The molecule has 1 aliphatic carbocycles. The molecule has 2 N–H and O–H groups in total. The summed E-state index contributed by atoms with van der Waals surface area (Å²) < 4.78 is 38.1. The van der Waals surface area contributed by atoms with Gasteiger partial charge < -0.3 is 9.15 Å². The Morgan fingerprint density at radius 3 is 2.70 bits per heavy atom. The summed E-state index contributed by atoms with van der Waals surface area (Å²) in [5, 5.41) is 6.98. The second-order valence-corrected chi connectivity index (χ2v) is 9.53. The van der Waals surface area contributed by atoms with Crippen LogP contribution in [0.15, 0.2) is 34.0 Å². The van der Waals surface area contributed by atoms with Gasteiger partial charge in [0, 0.05) is 30.2 Å². The van der Waals surface area contributed by atoms with Gasteiger partial charge in [0.2, 0.25) is 0 Å². The molecule has 0 spiro atoms. The number of pyridine rings is 2. The highest BCUT2D eigenvalue weighted by Crippen LogP contribution is 2.37. The molecule has 1 saturated carbocycles. The second-order valence-electron chi connectivity index (χ2n) is 8.43. The zero-order valence-electron chi connectivity index (χ0n) is 20.1. The number of hydrazone groups is 1. The van der Waals surface area contributed by atoms with Crippen LogP contribution in [0.25, 0.3) is 22.6 Å². The minimum absolute atomic E-state index is 0.123. The van der Waals surface area contributed by atoms with Crippen molar-refractivity contribution in [2.24, 2.45) is 11.0 Å². The summed E-state index contributed by atoms with van der Waals surface area (Å²) in [7, 11) is 1.40. The molecule has 3 aromatic rings. The van der Waals surface area contributed by atoms with Crippen molar-refractivity contribution >= 4 is 22.8 Å². The average Bonchev–Trinajstić information content (AvgIpc) is 3.51. The SMILES string of the molecule is COc1cnc(C(F)F)cc1-c1cc(-c2oc(C)nc2C)ncc1C(=O)NC1=NNC(C#CC2CC2)S1. The minimum atomic E-state index is -2.81. The number of carbonyl (C=O) groups is 1. The second kappa shape index (κ2) is 10.2. The number of rotatable bonds is 5. The van der Waals surface area contributed by atoms with Gasteiger partial charge in [-0.25, -0.2) is 13.8 Å². The molecule has 4 heterocycles. The number of halogens is 2. The first-order valence-corrected chi connectivity index (χ1v) is 12.3. The Morgan fingerprint density at radius 2 is 2.03 bits per heavy atom. The predicted octanol–water partition coefficient (Wildman–Crippen LogP) is 4.44. The number of aryl methyl sites for hydroxylation is 2. The molecule has 37 heavy (non-hydrogen) atoms. The Bertz CT molecular complexity index is 1460. The average molecular weight is 525 g/mol. The molecule has 190 valence electrons. The van der Waals surface area contributed by atoms with Crippen molar-refractivity contribution in [1.82, 2.24) is 25.7 Å². The summed E-state index contributed by atoms with van der Waals surface area (Å²) in [6.07, 6.45) is 1.97. The van der Waals surface area contributed by atoms with Crippen LogP contribution in [0.4, 0.5) is 8.78 Å². The maximum atomic E-state index is 13.5. The van der Waals surface area contributed by atoms with Gasteiger partial charge in [-0.3, -0.25) is 25.5 Å². The topological polar surface area (TPSA) is 115 Å². The van der Waals surface area contributed by atoms with Crippen LogP contribution in [-0.2, 0) is 0 Å². The van der Waals surface area contributed by atoms with Crippen molar-refractivity contribution in [1.29, 1.82) is 0 Å². The maximum absolute atomic E-state index is 13.5. The number of amides is 1. The van der Waals surface area contributed by atoms with Crippen LogP contribution >= 0.6 is 11.8 Å². The maximum Gasteiger partial charge on any atom is 0.280 e. The van der Waals surface area contributed by atoms with Gasteiger partial charge in [0.1, 0.15) is 17.1 Å². The smallest absolute Gasteiger partial charge is 0.280 e. The molecule has 1 fully saturated rings. The predicted molar refractivity (Wildman–Crippen MR) is 134 cm³/mol. The molecular weight excluding hydrogens is 502 g/mol. The molecule has 3 aromatic heterocycles. The van der Waals surface area contributed by atoms with Crippen molar-refractivity contribution in [3.63, 3.8) is 0 Å². The highest BCUT2D eigenvalue weighted by atomic mass is 32.2. The Kier molecular flexibility index (Phi) is 6.80. The molecule has 1 atom stereocenters. The molecule has 9 nitrogen and oxygen atoms in total. The number of carbonyl (C=O) groups excluding carboxylic acids is 1. The molecule has 12 heteroatoms. The summed E-state index contributed by atoms with van der Waals surface area (Å²) in [5.74, 6) is 7.25. The molecule has 5 rings (SSSR count). The molecule has 1 unspecified atom stereocenters. The lowest BCUT2D eigenvalue weighted by molar-refractivity contribution is 0.0978. The van der Waals surface area contributed by atoms with Crippen molar-refractivity contribution in [2.75, 3.05) is 7.11 Å². The first kappa shape index (κ1) is 24.7. The van der Waals surface area contributed by atoms with E-state index in [0.29, 0.717) is 39.7 Å². The largest absolute Gasteiger partial charge is 0.494 e. The van der Waals surface area contributed by atoms with Crippen molar-refractivity contribution in [3.05, 3.63) is 47.4 Å². The van der Waals surface area contributed by atoms with Gasteiger partial charge in [-0.15, -0.1) is 0 Å². The van der Waals surface area contributed by atoms with Gasteiger partial charge in [-0.1, -0.05) is 11.8 Å². The fourth-order valence-electron chi connectivity index (χ4n) is 3.69. The number of ether oxygens (including phenoxy) is 1. The van der Waals surface area contributed by atoms with Crippen LogP contribution in [0.5, 0.6) is 5.75 Å². The number of thioether (sulfide) groups is 1. The monoisotopic (exact) mass is 524 g/mol. The number of alkyl halides is 2. The molecule has 0 aromatic carbocycles. The van der Waals surface area contributed by atoms with E-state index in [1.54, 1.807) is 19.9 Å². The summed E-state index contributed by atoms with van der Waals surface area (Å²) in [6.45, 7) is 3.47. The van der Waals surface area contributed by atoms with Gasteiger partial charge in [-0.05, 0) is 43.7 Å². The standard InChI is InChI=1S/C25H22F2N6O3S/c1-12-22(36-13(2)30-12)18-8-15(16-9-19(23(26)27)29-11-20(16)35-3)17(10-28-18)24(34)31-25-33-32-21(37-25)7-6-14-4-5-14/h8-11,14,21,23,32H,4-5H2,1-3H3,(H,31,33,34). The Labute approximate surface area is 215 Å². The van der Waals surface area contributed by atoms with E-state index in [2.05, 4.69) is 42.6 Å². The number of amidine groups is 1. The van der Waals surface area contributed by atoms with Crippen molar-refractivity contribution in [3.8, 4) is 40.2 Å². The first-order chi connectivity index (χ1) is 17.8. The van der Waals surface area contributed by atoms with Gasteiger partial charge in [0.25, 0.3) is 12.3 Å². The zero-order valence-corrected chi connectivity index (χ0v) is 20.9. The normalized spacial score (nSPS) is 16.6. The zero-order chi connectivity index (χ0) is 26.1. The summed E-state index contributed by atoms with van der Waals surface area (Å²) in [6, 6.07) is 2.78. The van der Waals surface area contributed by atoms with Crippen LogP contribution in [0.1, 0.15) is 46.9 Å². The van der Waals surface area contributed by atoms with Gasteiger partial charge in [0.05, 0.1) is 24.6 Å². The van der Waals surface area contributed by atoms with Crippen molar-refractivity contribution < 1.29 is 22.7 Å². The van der Waals surface area contributed by atoms with Crippen LogP contribution in [-0.4, -0.2) is 38.5 Å². The van der Waals surface area contributed by atoms with Gasteiger partial charge >= 0.3 is 0 Å². The third kappa shape index (κ3) is 5.41. The number of oxazole rings is 1. The fraction of sp³-hybridized carbons (Fsp3) is 0.320. The Morgan fingerprint density at radius 1 is 1.22 bits per heavy atom.